The maximum Gasteiger partial charge on any atom is 0.106 e. The third kappa shape index (κ3) is 2.14. The first-order chi connectivity index (χ1) is 5.17. The fourth-order valence-corrected chi connectivity index (χ4v) is 1.58. The molecule has 0 spiro atoms. The largest absolute Gasteiger partial charge is 0.317 e. The molecule has 0 aromatic rings. The third-order valence-electron chi connectivity index (χ3n) is 2.52. The molecule has 3 heteroatoms. The van der Waals surface area contributed by atoms with Gasteiger partial charge in [0.1, 0.15) is 5.60 Å². The van der Waals surface area contributed by atoms with Crippen LogP contribution in [0.25, 0.3) is 0 Å². The summed E-state index contributed by atoms with van der Waals surface area (Å²) in [5, 5.41) is 3.23. The summed E-state index contributed by atoms with van der Waals surface area (Å²) in [5.41, 5.74) is -0.595. The molecular weight excluding hydrogens is 145 g/mol. The van der Waals surface area contributed by atoms with Gasteiger partial charge in [-0.1, -0.05) is 0 Å². The first-order valence-electron chi connectivity index (χ1n) is 4.17. The Morgan fingerprint density at radius 1 is 1.36 bits per heavy atom. The summed E-state index contributed by atoms with van der Waals surface area (Å²) in [6.07, 6.45) is 2.02. The first-order valence-corrected chi connectivity index (χ1v) is 4.17. The van der Waals surface area contributed by atoms with Crippen LogP contribution in [-0.2, 0) is 4.94 Å². The fraction of sp³-hybridized carbons (Fsp3) is 1.00. The molecule has 0 bridgehead atoms. The van der Waals surface area contributed by atoms with Crippen LogP contribution in [0.15, 0.2) is 0 Å². The number of nitrogens with one attached hydrogen (secondary N) is 1. The van der Waals surface area contributed by atoms with Gasteiger partial charge in [0.2, 0.25) is 0 Å². The van der Waals surface area contributed by atoms with E-state index in [0.29, 0.717) is 5.92 Å². The van der Waals surface area contributed by atoms with Crippen molar-refractivity contribution in [2.75, 3.05) is 13.1 Å². The van der Waals surface area contributed by atoms with Gasteiger partial charge in [-0.3, -0.25) is 0 Å². The van der Waals surface area contributed by atoms with Crippen molar-refractivity contribution in [3.8, 4) is 0 Å². The van der Waals surface area contributed by atoms with E-state index in [1.54, 1.807) is 0 Å². The second-order valence-electron chi connectivity index (χ2n) is 3.70. The molecule has 0 atom stereocenters. The second kappa shape index (κ2) is 3.50. The van der Waals surface area contributed by atoms with Gasteiger partial charge in [-0.25, -0.2) is 0 Å². The average molecular weight is 161 g/mol. The van der Waals surface area contributed by atoms with Crippen molar-refractivity contribution in [1.82, 2.24) is 5.32 Å². The van der Waals surface area contributed by atoms with Crippen molar-refractivity contribution >= 4 is 0 Å². The maximum absolute atomic E-state index is 12.0. The zero-order valence-corrected chi connectivity index (χ0v) is 7.19. The van der Waals surface area contributed by atoms with Crippen molar-refractivity contribution < 1.29 is 9.47 Å². The second-order valence-corrected chi connectivity index (χ2v) is 3.70. The van der Waals surface area contributed by atoms with Crippen LogP contribution in [0.2, 0.25) is 0 Å². The Hall–Kier alpha value is -0.150. The van der Waals surface area contributed by atoms with Gasteiger partial charge in [0.25, 0.3) is 0 Å². The van der Waals surface area contributed by atoms with E-state index < -0.39 is 5.60 Å². The van der Waals surface area contributed by atoms with E-state index >= 15 is 0 Å². The van der Waals surface area contributed by atoms with Gasteiger partial charge in [0, 0.05) is 0 Å². The summed E-state index contributed by atoms with van der Waals surface area (Å²) in [7, 11) is 0. The molecule has 0 unspecified atom stereocenters. The van der Waals surface area contributed by atoms with Crippen molar-refractivity contribution in [2.24, 2.45) is 5.92 Å². The van der Waals surface area contributed by atoms with Gasteiger partial charge in [0.05, 0.1) is 0 Å². The van der Waals surface area contributed by atoms with E-state index in [9.17, 15) is 4.53 Å². The van der Waals surface area contributed by atoms with Crippen molar-refractivity contribution in [3.05, 3.63) is 0 Å². The zero-order chi connectivity index (χ0) is 8.32. The standard InChI is InChI=1S/C8H16FNO/c1-8(2,11-9)7-3-5-10-6-4-7/h7,10H,3-6H2,1-2H3. The molecule has 1 aliphatic heterocycles. The Balaban J connectivity index is 2.43. The van der Waals surface area contributed by atoms with Gasteiger partial charge in [0.15, 0.2) is 0 Å². The molecule has 0 aliphatic carbocycles. The van der Waals surface area contributed by atoms with Gasteiger partial charge in [-0.05, 0) is 50.2 Å². The highest BCUT2D eigenvalue weighted by atomic mass is 19.3. The van der Waals surface area contributed by atoms with Gasteiger partial charge < -0.3 is 5.32 Å². The van der Waals surface area contributed by atoms with Crippen molar-refractivity contribution in [3.63, 3.8) is 0 Å². The van der Waals surface area contributed by atoms with Crippen LogP contribution in [0.3, 0.4) is 0 Å². The van der Waals surface area contributed by atoms with Crippen LogP contribution >= 0.6 is 0 Å². The summed E-state index contributed by atoms with van der Waals surface area (Å²) in [6, 6.07) is 0. The molecule has 1 fully saturated rings. The fourth-order valence-electron chi connectivity index (χ4n) is 1.58. The van der Waals surface area contributed by atoms with Crippen LogP contribution in [-0.4, -0.2) is 18.7 Å². The van der Waals surface area contributed by atoms with Crippen molar-refractivity contribution in [2.45, 2.75) is 32.3 Å². The number of halogens is 1. The van der Waals surface area contributed by atoms with Gasteiger partial charge in [-0.15, -0.1) is 0 Å². The Morgan fingerprint density at radius 2 is 1.91 bits per heavy atom. The Kier molecular flexibility index (Phi) is 2.84. The summed E-state index contributed by atoms with van der Waals surface area (Å²) in [5.74, 6) is 0.355. The molecular formula is C8H16FNO. The third-order valence-corrected chi connectivity index (χ3v) is 2.52. The highest BCUT2D eigenvalue weighted by Gasteiger charge is 2.32. The molecule has 2 nitrogen and oxygen atoms in total. The monoisotopic (exact) mass is 161 g/mol. The molecule has 1 N–H and O–H groups in total. The van der Waals surface area contributed by atoms with E-state index in [1.165, 1.54) is 0 Å². The zero-order valence-electron chi connectivity index (χ0n) is 7.19. The van der Waals surface area contributed by atoms with Crippen LogP contribution in [0, 0.1) is 5.92 Å². The smallest absolute Gasteiger partial charge is 0.106 e. The van der Waals surface area contributed by atoms with Crippen molar-refractivity contribution in [1.29, 1.82) is 0 Å². The van der Waals surface area contributed by atoms with Crippen LogP contribution in [0.1, 0.15) is 26.7 Å². The lowest BCUT2D eigenvalue weighted by Gasteiger charge is -2.33. The first kappa shape index (κ1) is 8.94. The topological polar surface area (TPSA) is 21.3 Å². The predicted octanol–water partition coefficient (Wildman–Crippen LogP) is 1.67. The Bertz CT molecular complexity index is 121. The quantitative estimate of drug-likeness (QED) is 0.665. The lowest BCUT2D eigenvalue weighted by molar-refractivity contribution is -0.244. The average Bonchev–Trinajstić information content (AvgIpc) is 2.06. The minimum Gasteiger partial charge on any atom is -0.317 e. The molecule has 66 valence electrons. The number of piperidine rings is 1. The SMILES string of the molecule is CC(C)(OF)C1CCNCC1. The van der Waals surface area contributed by atoms with Crippen LogP contribution in [0.4, 0.5) is 4.53 Å². The van der Waals surface area contributed by atoms with E-state index in [0.717, 1.165) is 25.9 Å². The predicted molar refractivity (Wildman–Crippen MR) is 41.9 cm³/mol. The van der Waals surface area contributed by atoms with Crippen LogP contribution in [0.5, 0.6) is 0 Å². The van der Waals surface area contributed by atoms with E-state index in [-0.39, 0.29) is 0 Å². The molecule has 11 heavy (non-hydrogen) atoms. The molecule has 0 radical (unpaired) electrons. The molecule has 1 heterocycles. The molecule has 0 amide bonds. The summed E-state index contributed by atoms with van der Waals surface area (Å²) in [6.45, 7) is 5.58. The van der Waals surface area contributed by atoms with Gasteiger partial charge >= 0.3 is 0 Å². The molecule has 1 rings (SSSR count). The minimum atomic E-state index is -0.595. The molecule has 1 aliphatic rings. The van der Waals surface area contributed by atoms with E-state index in [4.69, 9.17) is 0 Å². The molecule has 1 saturated heterocycles. The Morgan fingerprint density at radius 3 is 2.36 bits per heavy atom. The highest BCUT2D eigenvalue weighted by Crippen LogP contribution is 2.28. The Labute approximate surface area is 67.0 Å². The molecule has 0 aromatic heterocycles. The summed E-state index contributed by atoms with van der Waals surface area (Å²) < 4.78 is 12.0. The minimum absolute atomic E-state index is 0.355. The van der Waals surface area contributed by atoms with E-state index in [2.05, 4.69) is 10.3 Å². The lowest BCUT2D eigenvalue weighted by atomic mass is 9.84. The lowest BCUT2D eigenvalue weighted by Crippen LogP contribution is -2.40. The summed E-state index contributed by atoms with van der Waals surface area (Å²) >= 11 is 0. The number of hydrogen-bond donors (Lipinski definition) is 1. The van der Waals surface area contributed by atoms with Crippen LogP contribution < -0.4 is 5.32 Å². The van der Waals surface area contributed by atoms with Gasteiger partial charge in [-0.2, -0.15) is 4.94 Å². The maximum atomic E-state index is 12.0. The molecule has 0 aromatic carbocycles. The summed E-state index contributed by atoms with van der Waals surface area (Å²) in [4.78, 5) is 3.95. The highest BCUT2D eigenvalue weighted by molar-refractivity contribution is 4.82. The number of rotatable bonds is 2. The van der Waals surface area contributed by atoms with E-state index in [1.807, 2.05) is 13.8 Å². The molecule has 0 saturated carbocycles. The number of hydrogen-bond acceptors (Lipinski definition) is 2. The normalized spacial score (nSPS) is 22.1.